The molecule has 0 saturated carbocycles. The zero-order chi connectivity index (χ0) is 25.7. The van der Waals surface area contributed by atoms with Gasteiger partial charge in [0.15, 0.2) is 0 Å². The molecular formula is C26H22F2N4O4. The van der Waals surface area contributed by atoms with Gasteiger partial charge in [0.05, 0.1) is 10.6 Å². The van der Waals surface area contributed by atoms with Crippen molar-refractivity contribution in [3.05, 3.63) is 106 Å². The maximum Gasteiger partial charge on any atom is 0.269 e. The number of hydrogen-bond acceptors (Lipinski definition) is 5. The van der Waals surface area contributed by atoms with Gasteiger partial charge in [-0.05, 0) is 66.2 Å². The van der Waals surface area contributed by atoms with Crippen LogP contribution >= 0.6 is 0 Å². The van der Waals surface area contributed by atoms with Crippen LogP contribution in [0.2, 0.25) is 0 Å². The molecule has 36 heavy (non-hydrogen) atoms. The highest BCUT2D eigenvalue weighted by Gasteiger charge is 2.24. The lowest BCUT2D eigenvalue weighted by Crippen LogP contribution is -2.49. The van der Waals surface area contributed by atoms with Crippen molar-refractivity contribution in [1.29, 1.82) is 0 Å². The monoisotopic (exact) mass is 492 g/mol. The second-order valence-electron chi connectivity index (χ2n) is 8.12. The largest absolute Gasteiger partial charge is 0.366 e. The van der Waals surface area contributed by atoms with Gasteiger partial charge in [0, 0.05) is 55.6 Å². The molecule has 0 unspecified atom stereocenters. The maximum absolute atomic E-state index is 14.8. The topological polar surface area (TPSA) is 95.8 Å². The fourth-order valence-corrected chi connectivity index (χ4v) is 3.83. The molecule has 3 aromatic rings. The quantitative estimate of drug-likeness (QED) is 0.311. The molecule has 0 aliphatic carbocycles. The molecular weight excluding hydrogens is 470 g/mol. The molecule has 3 aromatic carbocycles. The predicted molar refractivity (Wildman–Crippen MR) is 132 cm³/mol. The van der Waals surface area contributed by atoms with E-state index in [1.54, 1.807) is 17.0 Å². The molecule has 1 aliphatic rings. The lowest BCUT2D eigenvalue weighted by atomic mass is 10.1. The highest BCUT2D eigenvalue weighted by Crippen LogP contribution is 2.25. The maximum atomic E-state index is 14.8. The predicted octanol–water partition coefficient (Wildman–Crippen LogP) is 4.49. The molecule has 0 aromatic heterocycles. The normalized spacial score (nSPS) is 13.6. The first-order valence-corrected chi connectivity index (χ1v) is 11.1. The van der Waals surface area contributed by atoms with E-state index in [2.05, 4.69) is 5.32 Å². The first-order valence-electron chi connectivity index (χ1n) is 11.1. The second kappa shape index (κ2) is 10.8. The number of nitro groups is 1. The minimum atomic E-state index is -0.509. The van der Waals surface area contributed by atoms with Crippen LogP contribution in [0.25, 0.3) is 6.08 Å². The number of nitro benzene ring substituents is 1. The first kappa shape index (κ1) is 24.5. The average Bonchev–Trinajstić information content (AvgIpc) is 2.88. The number of nitrogens with zero attached hydrogens (tertiary/aromatic N) is 3. The summed E-state index contributed by atoms with van der Waals surface area (Å²) in [5.41, 5.74) is 1.60. The zero-order valence-electron chi connectivity index (χ0n) is 19.1. The summed E-state index contributed by atoms with van der Waals surface area (Å²) in [5.74, 6) is -1.60. The molecule has 1 fully saturated rings. The second-order valence-corrected chi connectivity index (χ2v) is 8.12. The zero-order valence-corrected chi connectivity index (χ0v) is 19.1. The minimum Gasteiger partial charge on any atom is -0.366 e. The smallest absolute Gasteiger partial charge is 0.269 e. The highest BCUT2D eigenvalue weighted by molar-refractivity contribution is 6.02. The summed E-state index contributed by atoms with van der Waals surface area (Å²) in [5, 5.41) is 13.3. The average molecular weight is 492 g/mol. The number of carbonyl (C=O) groups excluding carboxylic acids is 2. The van der Waals surface area contributed by atoms with Gasteiger partial charge in [-0.2, -0.15) is 0 Å². The number of rotatable bonds is 6. The Morgan fingerprint density at radius 2 is 1.58 bits per heavy atom. The third-order valence-corrected chi connectivity index (χ3v) is 5.75. The van der Waals surface area contributed by atoms with Gasteiger partial charge in [0.1, 0.15) is 11.6 Å². The van der Waals surface area contributed by atoms with Gasteiger partial charge in [0.2, 0.25) is 5.91 Å². The van der Waals surface area contributed by atoms with Crippen LogP contribution in [0.5, 0.6) is 0 Å². The Labute approximate surface area is 205 Å². The first-order chi connectivity index (χ1) is 17.3. The fourth-order valence-electron chi connectivity index (χ4n) is 3.83. The molecule has 0 atom stereocenters. The van der Waals surface area contributed by atoms with E-state index in [9.17, 15) is 28.5 Å². The van der Waals surface area contributed by atoms with Gasteiger partial charge < -0.3 is 15.1 Å². The lowest BCUT2D eigenvalue weighted by Gasteiger charge is -2.36. The summed E-state index contributed by atoms with van der Waals surface area (Å²) in [7, 11) is 0. The third-order valence-electron chi connectivity index (χ3n) is 5.75. The Kier molecular flexibility index (Phi) is 7.33. The van der Waals surface area contributed by atoms with Crippen molar-refractivity contribution in [3.63, 3.8) is 0 Å². The number of benzene rings is 3. The van der Waals surface area contributed by atoms with Crippen molar-refractivity contribution < 1.29 is 23.3 Å². The Morgan fingerprint density at radius 1 is 0.917 bits per heavy atom. The van der Waals surface area contributed by atoms with Crippen molar-refractivity contribution >= 4 is 35.0 Å². The number of anilines is 2. The Hall–Kier alpha value is -4.60. The van der Waals surface area contributed by atoms with Crippen molar-refractivity contribution in [2.75, 3.05) is 36.4 Å². The number of piperazine rings is 1. The molecule has 0 spiro atoms. The van der Waals surface area contributed by atoms with Crippen LogP contribution in [0.3, 0.4) is 0 Å². The van der Waals surface area contributed by atoms with Crippen molar-refractivity contribution in [2.24, 2.45) is 0 Å². The van der Waals surface area contributed by atoms with Gasteiger partial charge in [-0.1, -0.05) is 0 Å². The SMILES string of the molecule is O=C(/C=C/c1ccc([N+](=O)[O-])cc1)Nc1ccc(N2CCN(C(=O)c3ccc(F)cc3)CC2)c(F)c1. The van der Waals surface area contributed by atoms with E-state index in [4.69, 9.17) is 0 Å². The third kappa shape index (κ3) is 5.90. The van der Waals surface area contributed by atoms with Gasteiger partial charge in [-0.3, -0.25) is 19.7 Å². The summed E-state index contributed by atoms with van der Waals surface area (Å²) >= 11 is 0. The molecule has 10 heteroatoms. The number of halogens is 2. The summed E-state index contributed by atoms with van der Waals surface area (Å²) in [6.45, 7) is 1.63. The van der Waals surface area contributed by atoms with E-state index in [0.29, 0.717) is 43.0 Å². The summed E-state index contributed by atoms with van der Waals surface area (Å²) in [4.78, 5) is 38.5. The number of carbonyl (C=O) groups is 2. The number of nitrogens with one attached hydrogen (secondary N) is 1. The number of hydrogen-bond donors (Lipinski definition) is 1. The van der Waals surface area contributed by atoms with Gasteiger partial charge in [-0.15, -0.1) is 0 Å². The van der Waals surface area contributed by atoms with E-state index in [1.165, 1.54) is 66.7 Å². The lowest BCUT2D eigenvalue weighted by molar-refractivity contribution is -0.384. The van der Waals surface area contributed by atoms with E-state index in [0.717, 1.165) is 0 Å². The van der Waals surface area contributed by atoms with Gasteiger partial charge >= 0.3 is 0 Å². The van der Waals surface area contributed by atoms with Gasteiger partial charge in [-0.25, -0.2) is 8.78 Å². The van der Waals surface area contributed by atoms with E-state index in [-0.39, 0.29) is 17.3 Å². The fraction of sp³-hybridized carbons (Fsp3) is 0.154. The molecule has 8 nitrogen and oxygen atoms in total. The standard InChI is InChI=1S/C26H22F2N4O4/c27-20-6-4-19(5-7-20)26(34)31-15-13-30(14-16-31)24-11-8-21(17-23(24)28)29-25(33)12-3-18-1-9-22(10-2-18)32(35)36/h1-12,17H,13-16H2,(H,29,33)/b12-3+. The molecule has 0 radical (unpaired) electrons. The van der Waals surface area contributed by atoms with Crippen LogP contribution in [-0.4, -0.2) is 47.8 Å². The summed E-state index contributed by atoms with van der Waals surface area (Å²) in [6.07, 6.45) is 2.75. The van der Waals surface area contributed by atoms with Gasteiger partial charge in [0.25, 0.3) is 11.6 Å². The molecule has 1 heterocycles. The Bertz CT molecular complexity index is 1300. The Balaban J connectivity index is 1.32. The summed E-state index contributed by atoms with van der Waals surface area (Å²) < 4.78 is 27.9. The van der Waals surface area contributed by atoms with Crippen LogP contribution in [0.1, 0.15) is 15.9 Å². The Morgan fingerprint density at radius 3 is 2.19 bits per heavy atom. The van der Waals surface area contributed by atoms with E-state index in [1.807, 2.05) is 4.90 Å². The molecule has 1 N–H and O–H groups in total. The van der Waals surface area contributed by atoms with Crippen molar-refractivity contribution in [1.82, 2.24) is 4.90 Å². The van der Waals surface area contributed by atoms with Crippen molar-refractivity contribution in [2.45, 2.75) is 0 Å². The number of non-ortho nitro benzene ring substituents is 1. The highest BCUT2D eigenvalue weighted by atomic mass is 19.1. The number of amides is 2. The van der Waals surface area contributed by atoms with E-state index >= 15 is 0 Å². The van der Waals surface area contributed by atoms with Crippen LogP contribution < -0.4 is 10.2 Å². The minimum absolute atomic E-state index is 0.0481. The molecule has 2 amide bonds. The van der Waals surface area contributed by atoms with E-state index < -0.39 is 22.5 Å². The van der Waals surface area contributed by atoms with Crippen LogP contribution in [-0.2, 0) is 4.79 Å². The molecule has 4 rings (SSSR count). The molecule has 1 aliphatic heterocycles. The molecule has 0 bridgehead atoms. The molecule has 184 valence electrons. The van der Waals surface area contributed by atoms with Crippen LogP contribution in [0, 0.1) is 21.7 Å². The van der Waals surface area contributed by atoms with Crippen LogP contribution in [0.15, 0.2) is 72.8 Å². The summed E-state index contributed by atoms with van der Waals surface area (Å²) in [6, 6.07) is 15.5. The van der Waals surface area contributed by atoms with Crippen LogP contribution in [0.4, 0.5) is 25.8 Å². The van der Waals surface area contributed by atoms with Crippen molar-refractivity contribution in [3.8, 4) is 0 Å². The molecule has 1 saturated heterocycles.